The Morgan fingerprint density at radius 1 is 1.06 bits per heavy atom. The van der Waals surface area contributed by atoms with Crippen molar-refractivity contribution in [2.75, 3.05) is 19.0 Å². The molecule has 8 heteroatoms. The molecule has 1 N–H and O–H groups in total. The van der Waals surface area contributed by atoms with Crippen LogP contribution in [0, 0.1) is 6.92 Å². The Morgan fingerprint density at radius 2 is 1.74 bits per heavy atom. The third-order valence-electron chi connectivity index (χ3n) is 5.30. The fourth-order valence-corrected chi connectivity index (χ4v) is 5.48. The molecule has 7 nitrogen and oxygen atoms in total. The molecule has 164 valence electrons. The summed E-state index contributed by atoms with van der Waals surface area (Å²) in [4.78, 5) is 25.6. The summed E-state index contributed by atoms with van der Waals surface area (Å²) >= 11 is 0. The first kappa shape index (κ1) is 22.6. The fourth-order valence-electron chi connectivity index (χ4n) is 3.67. The number of hydrogen-bond acceptors (Lipinski definition) is 5. The van der Waals surface area contributed by atoms with Gasteiger partial charge in [-0.2, -0.15) is 0 Å². The third-order valence-corrected chi connectivity index (χ3v) is 7.18. The van der Waals surface area contributed by atoms with E-state index in [4.69, 9.17) is 4.74 Å². The molecule has 2 aromatic carbocycles. The molecule has 2 amide bonds. The summed E-state index contributed by atoms with van der Waals surface area (Å²) in [6.07, 6.45) is 0.941. The molecule has 0 spiro atoms. The highest BCUT2D eigenvalue weighted by Gasteiger charge is 2.44. The number of sulfonamides is 1. The summed E-state index contributed by atoms with van der Waals surface area (Å²) in [7, 11) is -2.65. The van der Waals surface area contributed by atoms with E-state index in [1.165, 1.54) is 7.11 Å². The van der Waals surface area contributed by atoms with Gasteiger partial charge in [-0.1, -0.05) is 32.0 Å². The Bertz CT molecular complexity index is 1150. The first-order valence-corrected chi connectivity index (χ1v) is 11.5. The smallest absolute Gasteiger partial charge is 0.268 e. The summed E-state index contributed by atoms with van der Waals surface area (Å²) in [6.45, 7) is 4.97. The topological polar surface area (TPSA) is 92.8 Å². The lowest BCUT2D eigenvalue weighted by atomic mass is 10.1. The van der Waals surface area contributed by atoms with Gasteiger partial charge in [-0.05, 0) is 60.7 Å². The molecule has 0 fully saturated rings. The van der Waals surface area contributed by atoms with Crippen LogP contribution in [0.2, 0.25) is 0 Å². The molecule has 0 saturated carbocycles. The van der Waals surface area contributed by atoms with Crippen LogP contribution in [0.5, 0.6) is 5.75 Å². The highest BCUT2D eigenvalue weighted by Crippen LogP contribution is 2.37. The van der Waals surface area contributed by atoms with Crippen molar-refractivity contribution >= 4 is 32.4 Å². The van der Waals surface area contributed by atoms with Crippen molar-refractivity contribution < 1.29 is 22.7 Å². The first-order valence-electron chi connectivity index (χ1n) is 10.1. The van der Waals surface area contributed by atoms with E-state index in [-0.39, 0.29) is 16.9 Å². The van der Waals surface area contributed by atoms with Gasteiger partial charge < -0.3 is 10.1 Å². The molecule has 0 saturated heterocycles. The van der Waals surface area contributed by atoms with Crippen LogP contribution in [0.15, 0.2) is 48.0 Å². The van der Waals surface area contributed by atoms with E-state index < -0.39 is 28.4 Å². The van der Waals surface area contributed by atoms with Crippen LogP contribution in [0.25, 0.3) is 4.91 Å². The van der Waals surface area contributed by atoms with Gasteiger partial charge in [0.05, 0.1) is 7.11 Å². The number of hydrogen-bond donors (Lipinski definition) is 1. The summed E-state index contributed by atoms with van der Waals surface area (Å²) in [5.41, 5.74) is 3.02. The van der Waals surface area contributed by atoms with E-state index in [0.29, 0.717) is 27.7 Å². The fraction of sp³-hybridized carbons (Fsp3) is 0.304. The van der Waals surface area contributed by atoms with Crippen molar-refractivity contribution in [3.05, 3.63) is 64.7 Å². The van der Waals surface area contributed by atoms with E-state index in [9.17, 15) is 18.0 Å². The number of carbonyl (C=O) groups is 2. The Hall–Kier alpha value is -3.13. The van der Waals surface area contributed by atoms with Gasteiger partial charge in [-0.3, -0.25) is 9.59 Å². The maximum atomic E-state index is 13.2. The van der Waals surface area contributed by atoms with Gasteiger partial charge in [0.1, 0.15) is 17.2 Å². The van der Waals surface area contributed by atoms with Crippen molar-refractivity contribution in [2.45, 2.75) is 33.6 Å². The molecule has 1 heterocycles. The summed E-state index contributed by atoms with van der Waals surface area (Å²) < 4.78 is 32.3. The molecule has 1 aliphatic heterocycles. The number of anilines is 1. The van der Waals surface area contributed by atoms with E-state index in [2.05, 4.69) is 5.32 Å². The molecule has 0 aliphatic carbocycles. The van der Waals surface area contributed by atoms with Crippen LogP contribution in [0.1, 0.15) is 37.0 Å². The normalized spacial score (nSPS) is 15.4. The number of nitrogens with zero attached hydrogens (tertiary/aromatic N) is 1. The lowest BCUT2D eigenvalue weighted by molar-refractivity contribution is -0.126. The van der Waals surface area contributed by atoms with Gasteiger partial charge in [-0.15, -0.1) is 0 Å². The molecule has 31 heavy (non-hydrogen) atoms. The number of rotatable bonds is 7. The van der Waals surface area contributed by atoms with Gasteiger partial charge in [0, 0.05) is 11.3 Å². The second-order valence-corrected chi connectivity index (χ2v) is 9.02. The van der Waals surface area contributed by atoms with Crippen LogP contribution in [-0.4, -0.2) is 38.2 Å². The highest BCUT2D eigenvalue weighted by atomic mass is 32.2. The zero-order valence-corrected chi connectivity index (χ0v) is 18.9. The van der Waals surface area contributed by atoms with Crippen LogP contribution in [0.3, 0.4) is 0 Å². The van der Waals surface area contributed by atoms with Crippen molar-refractivity contribution in [3.63, 3.8) is 0 Å². The van der Waals surface area contributed by atoms with Crippen molar-refractivity contribution in [2.24, 2.45) is 0 Å². The van der Waals surface area contributed by atoms with Gasteiger partial charge >= 0.3 is 0 Å². The lowest BCUT2D eigenvalue weighted by Gasteiger charge is -2.18. The number of carbonyl (C=O) groups excluding carboxylic acids is 2. The Balaban J connectivity index is 1.90. The molecule has 0 bridgehead atoms. The standard InChI is InChI=1S/C23H26N2O5S/c1-5-16-9-7-8-15(3)21(16)24-20(26)14-25-23(27)19(6-2)22(31(25,28)29)17-10-12-18(30-4)13-11-17/h7-13H,5-6,14H2,1-4H3,(H,24,26). The predicted molar refractivity (Wildman–Crippen MR) is 120 cm³/mol. The van der Waals surface area contributed by atoms with E-state index in [1.54, 1.807) is 31.2 Å². The second-order valence-electron chi connectivity index (χ2n) is 7.22. The van der Waals surface area contributed by atoms with Gasteiger partial charge in [-0.25, -0.2) is 12.7 Å². The van der Waals surface area contributed by atoms with Crippen LogP contribution >= 0.6 is 0 Å². The number of amides is 2. The van der Waals surface area contributed by atoms with Crippen molar-refractivity contribution in [1.29, 1.82) is 0 Å². The minimum atomic E-state index is -4.16. The molecule has 1 aliphatic rings. The molecule has 2 aromatic rings. The highest BCUT2D eigenvalue weighted by molar-refractivity contribution is 7.99. The molecule has 3 rings (SSSR count). The average molecular weight is 443 g/mol. The maximum Gasteiger partial charge on any atom is 0.268 e. The summed E-state index contributed by atoms with van der Waals surface area (Å²) in [5.74, 6) is -0.651. The summed E-state index contributed by atoms with van der Waals surface area (Å²) in [5, 5.41) is 2.79. The minimum absolute atomic E-state index is 0.0550. The number of benzene rings is 2. The zero-order valence-electron chi connectivity index (χ0n) is 18.1. The molecule has 0 radical (unpaired) electrons. The number of ether oxygens (including phenoxy) is 1. The second kappa shape index (κ2) is 8.93. The number of aryl methyl sites for hydroxylation is 2. The Kier molecular flexibility index (Phi) is 6.50. The lowest BCUT2D eigenvalue weighted by Crippen LogP contribution is -2.38. The minimum Gasteiger partial charge on any atom is -0.497 e. The molecule has 0 atom stereocenters. The Morgan fingerprint density at radius 3 is 2.32 bits per heavy atom. The first-order chi connectivity index (χ1) is 14.7. The van der Waals surface area contributed by atoms with Crippen molar-refractivity contribution in [3.8, 4) is 5.75 Å². The van der Waals surface area contributed by atoms with Crippen LogP contribution < -0.4 is 10.1 Å². The molecular weight excluding hydrogens is 416 g/mol. The SMILES string of the molecule is CCC1=C(c2ccc(OC)cc2)S(=O)(=O)N(CC(=O)Nc2c(C)cccc2CC)C1=O. The van der Waals surface area contributed by atoms with Gasteiger partial charge in [0.25, 0.3) is 15.9 Å². The van der Waals surface area contributed by atoms with Crippen LogP contribution in [-0.2, 0) is 26.0 Å². The van der Waals surface area contributed by atoms with Gasteiger partial charge in [0.15, 0.2) is 0 Å². The molecule has 0 aromatic heterocycles. The van der Waals surface area contributed by atoms with Crippen LogP contribution in [0.4, 0.5) is 5.69 Å². The molecular formula is C23H26N2O5S. The van der Waals surface area contributed by atoms with E-state index >= 15 is 0 Å². The number of para-hydroxylation sites is 1. The largest absolute Gasteiger partial charge is 0.497 e. The quantitative estimate of drug-likeness (QED) is 0.709. The predicted octanol–water partition coefficient (Wildman–Crippen LogP) is 3.50. The number of nitrogens with one attached hydrogen (secondary N) is 1. The average Bonchev–Trinajstić information content (AvgIpc) is 2.94. The van der Waals surface area contributed by atoms with E-state index in [1.807, 2.05) is 32.0 Å². The monoisotopic (exact) mass is 442 g/mol. The summed E-state index contributed by atoms with van der Waals surface area (Å²) in [6, 6.07) is 12.1. The zero-order chi connectivity index (χ0) is 22.8. The third kappa shape index (κ3) is 4.20. The molecule has 0 unspecified atom stereocenters. The maximum absolute atomic E-state index is 13.2. The van der Waals surface area contributed by atoms with Gasteiger partial charge in [0.2, 0.25) is 5.91 Å². The number of methoxy groups -OCH3 is 1. The Labute approximate surface area is 182 Å². The van der Waals surface area contributed by atoms with E-state index in [0.717, 1.165) is 11.1 Å². The van der Waals surface area contributed by atoms with Crippen molar-refractivity contribution in [1.82, 2.24) is 4.31 Å².